The molecule has 0 aliphatic carbocycles. The smallest absolute Gasteiger partial charge is 0.269 e. The van der Waals surface area contributed by atoms with Crippen LogP contribution in [-0.2, 0) is 7.05 Å². The third-order valence-corrected chi connectivity index (χ3v) is 3.03. The van der Waals surface area contributed by atoms with Crippen LogP contribution in [0.4, 0.5) is 11.5 Å². The molecule has 0 bridgehead atoms. The number of hydrogen-bond acceptors (Lipinski definition) is 4. The van der Waals surface area contributed by atoms with Gasteiger partial charge in [0, 0.05) is 24.7 Å². The average Bonchev–Trinajstić information content (AvgIpc) is 2.66. The number of nitrogen functional groups attached to an aromatic ring is 1. The van der Waals surface area contributed by atoms with Crippen molar-refractivity contribution in [3.05, 3.63) is 40.1 Å². The van der Waals surface area contributed by atoms with Gasteiger partial charge in [-0.3, -0.25) is 14.8 Å². The molecule has 0 amide bonds. The molecule has 1 aromatic heterocycles. The standard InChI is InChI=1S/C13H16N4O2/c1-8(2)12-11(13(14)16(3)15-12)9-4-6-10(7-5-9)17(18)19/h4-8H,14H2,1-3H3. The zero-order valence-corrected chi connectivity index (χ0v) is 11.1. The van der Waals surface area contributed by atoms with Crippen LogP contribution in [-0.4, -0.2) is 14.7 Å². The fourth-order valence-electron chi connectivity index (χ4n) is 2.01. The molecule has 6 heteroatoms. The Hall–Kier alpha value is -2.37. The fourth-order valence-corrected chi connectivity index (χ4v) is 2.01. The van der Waals surface area contributed by atoms with Crippen LogP contribution in [0.2, 0.25) is 0 Å². The van der Waals surface area contributed by atoms with Crippen LogP contribution in [0.1, 0.15) is 25.5 Å². The minimum atomic E-state index is -0.417. The van der Waals surface area contributed by atoms with Crippen molar-refractivity contribution in [3.63, 3.8) is 0 Å². The van der Waals surface area contributed by atoms with Gasteiger partial charge in [0.15, 0.2) is 0 Å². The molecule has 0 fully saturated rings. The summed E-state index contributed by atoms with van der Waals surface area (Å²) in [7, 11) is 1.79. The van der Waals surface area contributed by atoms with Crippen LogP contribution in [0.3, 0.4) is 0 Å². The number of benzene rings is 1. The second-order valence-electron chi connectivity index (χ2n) is 4.73. The predicted octanol–water partition coefficient (Wildman–Crippen LogP) is 2.70. The van der Waals surface area contributed by atoms with Gasteiger partial charge in [0.2, 0.25) is 0 Å². The van der Waals surface area contributed by atoms with Crippen LogP contribution in [0, 0.1) is 10.1 Å². The third-order valence-electron chi connectivity index (χ3n) is 3.03. The van der Waals surface area contributed by atoms with Gasteiger partial charge < -0.3 is 5.73 Å². The summed E-state index contributed by atoms with van der Waals surface area (Å²) in [6.45, 7) is 4.08. The van der Waals surface area contributed by atoms with Crippen LogP contribution in [0.15, 0.2) is 24.3 Å². The molecule has 1 heterocycles. The largest absolute Gasteiger partial charge is 0.383 e. The summed E-state index contributed by atoms with van der Waals surface area (Å²) in [5.41, 5.74) is 8.70. The Morgan fingerprint density at radius 2 is 1.89 bits per heavy atom. The SMILES string of the molecule is CC(C)c1nn(C)c(N)c1-c1ccc([N+](=O)[O-])cc1. The molecule has 19 heavy (non-hydrogen) atoms. The minimum absolute atomic E-state index is 0.0670. The van der Waals surface area contributed by atoms with Crippen molar-refractivity contribution in [2.24, 2.45) is 7.05 Å². The summed E-state index contributed by atoms with van der Waals surface area (Å²) in [5.74, 6) is 0.797. The van der Waals surface area contributed by atoms with E-state index in [9.17, 15) is 10.1 Å². The van der Waals surface area contributed by atoms with Crippen molar-refractivity contribution in [2.45, 2.75) is 19.8 Å². The van der Waals surface area contributed by atoms with Crippen molar-refractivity contribution in [1.29, 1.82) is 0 Å². The van der Waals surface area contributed by atoms with Crippen molar-refractivity contribution in [2.75, 3.05) is 5.73 Å². The van der Waals surface area contributed by atoms with Gasteiger partial charge in [-0.2, -0.15) is 5.10 Å². The molecule has 0 saturated heterocycles. The average molecular weight is 260 g/mol. The zero-order valence-electron chi connectivity index (χ0n) is 11.1. The number of nitrogens with zero attached hydrogens (tertiary/aromatic N) is 3. The van der Waals surface area contributed by atoms with Crippen molar-refractivity contribution < 1.29 is 4.92 Å². The molecule has 0 aliphatic heterocycles. The van der Waals surface area contributed by atoms with Gasteiger partial charge in [0.05, 0.1) is 10.6 Å². The van der Waals surface area contributed by atoms with Crippen LogP contribution in [0.5, 0.6) is 0 Å². The van der Waals surface area contributed by atoms with Gasteiger partial charge in [-0.1, -0.05) is 13.8 Å². The molecule has 2 rings (SSSR count). The van der Waals surface area contributed by atoms with Gasteiger partial charge in [-0.15, -0.1) is 0 Å². The van der Waals surface area contributed by atoms with E-state index in [0.29, 0.717) is 5.82 Å². The quantitative estimate of drug-likeness (QED) is 0.679. The molecular formula is C13H16N4O2. The highest BCUT2D eigenvalue weighted by Gasteiger charge is 2.18. The van der Waals surface area contributed by atoms with E-state index in [1.54, 1.807) is 23.9 Å². The Kier molecular flexibility index (Phi) is 3.25. The highest BCUT2D eigenvalue weighted by atomic mass is 16.6. The van der Waals surface area contributed by atoms with E-state index in [0.717, 1.165) is 16.8 Å². The molecule has 0 aliphatic rings. The third kappa shape index (κ3) is 2.29. The number of nitrogens with two attached hydrogens (primary N) is 1. The summed E-state index contributed by atoms with van der Waals surface area (Å²) in [4.78, 5) is 10.2. The molecule has 6 nitrogen and oxygen atoms in total. The number of non-ortho nitro benzene ring substituents is 1. The Morgan fingerprint density at radius 3 is 2.37 bits per heavy atom. The Labute approximate surface area is 111 Å². The van der Waals surface area contributed by atoms with Crippen LogP contribution < -0.4 is 5.73 Å². The molecule has 0 unspecified atom stereocenters. The highest BCUT2D eigenvalue weighted by molar-refractivity contribution is 5.77. The number of hydrogen-bond donors (Lipinski definition) is 1. The van der Waals surface area contributed by atoms with Gasteiger partial charge in [-0.25, -0.2) is 0 Å². The van der Waals surface area contributed by atoms with Crippen molar-refractivity contribution in [3.8, 4) is 11.1 Å². The molecule has 0 saturated carbocycles. The predicted molar refractivity (Wildman–Crippen MR) is 73.8 cm³/mol. The van der Waals surface area contributed by atoms with E-state index in [-0.39, 0.29) is 11.6 Å². The van der Waals surface area contributed by atoms with Gasteiger partial charge >= 0.3 is 0 Å². The topological polar surface area (TPSA) is 87.0 Å². The maximum Gasteiger partial charge on any atom is 0.269 e. The van der Waals surface area contributed by atoms with E-state index in [1.807, 2.05) is 13.8 Å². The molecular weight excluding hydrogens is 244 g/mol. The Balaban J connectivity index is 2.55. The summed E-state index contributed by atoms with van der Waals surface area (Å²) < 4.78 is 1.63. The first-order chi connectivity index (χ1) is 8.91. The van der Waals surface area contributed by atoms with Gasteiger partial charge in [0.1, 0.15) is 5.82 Å². The van der Waals surface area contributed by atoms with Gasteiger partial charge in [0.25, 0.3) is 5.69 Å². The molecule has 2 N–H and O–H groups in total. The summed E-state index contributed by atoms with van der Waals surface area (Å²) >= 11 is 0. The number of rotatable bonds is 3. The first-order valence-corrected chi connectivity index (χ1v) is 5.99. The number of anilines is 1. The molecule has 100 valence electrons. The molecule has 1 aromatic carbocycles. The van der Waals surface area contributed by atoms with Crippen molar-refractivity contribution in [1.82, 2.24) is 9.78 Å². The summed E-state index contributed by atoms with van der Waals surface area (Å²) in [5, 5.41) is 15.1. The van der Waals surface area contributed by atoms with E-state index in [2.05, 4.69) is 5.10 Å². The molecule has 0 radical (unpaired) electrons. The fraction of sp³-hybridized carbons (Fsp3) is 0.308. The van der Waals surface area contributed by atoms with Crippen LogP contribution >= 0.6 is 0 Å². The number of nitro groups is 1. The summed E-state index contributed by atoms with van der Waals surface area (Å²) in [6.07, 6.45) is 0. The first kappa shape index (κ1) is 13.1. The number of aromatic nitrogens is 2. The number of nitro benzene ring substituents is 1. The first-order valence-electron chi connectivity index (χ1n) is 5.99. The van der Waals surface area contributed by atoms with Crippen LogP contribution in [0.25, 0.3) is 11.1 Å². The van der Waals surface area contributed by atoms with Crippen molar-refractivity contribution >= 4 is 11.5 Å². The van der Waals surface area contributed by atoms with E-state index < -0.39 is 4.92 Å². The lowest BCUT2D eigenvalue weighted by atomic mass is 9.99. The molecule has 0 spiro atoms. The Bertz CT molecular complexity index is 614. The second kappa shape index (κ2) is 4.72. The lowest BCUT2D eigenvalue weighted by Gasteiger charge is -2.06. The monoisotopic (exact) mass is 260 g/mol. The maximum atomic E-state index is 10.7. The zero-order chi connectivity index (χ0) is 14.2. The molecule has 2 aromatic rings. The molecule has 0 atom stereocenters. The summed E-state index contributed by atoms with van der Waals surface area (Å²) in [6, 6.07) is 6.37. The van der Waals surface area contributed by atoms with E-state index in [4.69, 9.17) is 5.73 Å². The Morgan fingerprint density at radius 1 is 1.32 bits per heavy atom. The lowest BCUT2D eigenvalue weighted by molar-refractivity contribution is -0.384. The van der Waals surface area contributed by atoms with E-state index in [1.165, 1.54) is 12.1 Å². The lowest BCUT2D eigenvalue weighted by Crippen LogP contribution is -1.98. The second-order valence-corrected chi connectivity index (χ2v) is 4.73. The maximum absolute atomic E-state index is 10.7. The normalized spacial score (nSPS) is 10.9. The minimum Gasteiger partial charge on any atom is -0.383 e. The van der Waals surface area contributed by atoms with E-state index >= 15 is 0 Å². The highest BCUT2D eigenvalue weighted by Crippen LogP contribution is 2.34. The number of aryl methyl sites for hydroxylation is 1. The van der Waals surface area contributed by atoms with Gasteiger partial charge in [-0.05, 0) is 23.6 Å².